The third kappa shape index (κ3) is 2.48. The molecular formula is C9H16N6O. The monoisotopic (exact) mass is 224 g/mol. The van der Waals surface area contributed by atoms with Crippen LogP contribution >= 0.6 is 0 Å². The molecule has 1 aromatic heterocycles. The lowest BCUT2D eigenvalue weighted by Crippen LogP contribution is -2.31. The van der Waals surface area contributed by atoms with E-state index in [0.29, 0.717) is 12.6 Å². The molecule has 0 bridgehead atoms. The molecule has 7 heteroatoms. The van der Waals surface area contributed by atoms with Crippen molar-refractivity contribution in [3.63, 3.8) is 0 Å². The van der Waals surface area contributed by atoms with Crippen molar-refractivity contribution in [1.29, 1.82) is 0 Å². The lowest BCUT2D eigenvalue weighted by Gasteiger charge is -2.18. The average molecular weight is 224 g/mol. The van der Waals surface area contributed by atoms with Gasteiger partial charge in [-0.15, -0.1) is 0 Å². The van der Waals surface area contributed by atoms with Gasteiger partial charge in [0.2, 0.25) is 11.9 Å². The highest BCUT2D eigenvalue weighted by Gasteiger charge is 2.21. The number of nitrogens with zero attached hydrogens (tertiary/aromatic N) is 4. The van der Waals surface area contributed by atoms with E-state index in [4.69, 9.17) is 16.2 Å². The highest BCUT2D eigenvalue weighted by molar-refractivity contribution is 5.27. The summed E-state index contributed by atoms with van der Waals surface area (Å²) in [4.78, 5) is 13.6. The zero-order valence-electron chi connectivity index (χ0n) is 9.26. The standard InChI is InChI=1S/C9H16N6O/c1-15-4-2-3-6(15)5-16-9-13-7(10)12-8(11)14-9/h6H,2-5H2,1H3,(H4,10,11,12,13,14). The molecule has 1 saturated heterocycles. The second-order valence-corrected chi connectivity index (χ2v) is 3.92. The molecule has 1 unspecified atom stereocenters. The molecule has 1 fully saturated rings. The number of aromatic nitrogens is 3. The topological polar surface area (TPSA) is 103 Å². The minimum Gasteiger partial charge on any atom is -0.462 e. The maximum atomic E-state index is 5.46. The molecule has 2 rings (SSSR count). The van der Waals surface area contributed by atoms with Gasteiger partial charge in [-0.25, -0.2) is 0 Å². The Bertz CT molecular complexity index is 351. The second-order valence-electron chi connectivity index (χ2n) is 3.92. The van der Waals surface area contributed by atoms with E-state index < -0.39 is 0 Å². The molecule has 0 amide bonds. The number of likely N-dealkylation sites (tertiary alicyclic amines) is 1. The Hall–Kier alpha value is -1.63. The Morgan fingerprint density at radius 1 is 1.31 bits per heavy atom. The highest BCUT2D eigenvalue weighted by Crippen LogP contribution is 2.16. The number of ether oxygens (including phenoxy) is 1. The number of hydrogen-bond acceptors (Lipinski definition) is 7. The summed E-state index contributed by atoms with van der Waals surface area (Å²) in [7, 11) is 2.08. The minimum absolute atomic E-state index is 0.0854. The molecule has 1 aromatic rings. The van der Waals surface area contributed by atoms with Gasteiger partial charge in [-0.05, 0) is 26.4 Å². The van der Waals surface area contributed by atoms with Gasteiger partial charge in [-0.3, -0.25) is 0 Å². The predicted molar refractivity (Wildman–Crippen MR) is 59.8 cm³/mol. The second kappa shape index (κ2) is 4.48. The Kier molecular flexibility index (Phi) is 3.04. The average Bonchev–Trinajstić information content (AvgIpc) is 2.59. The van der Waals surface area contributed by atoms with Crippen molar-refractivity contribution in [2.45, 2.75) is 18.9 Å². The molecule has 16 heavy (non-hydrogen) atoms. The Balaban J connectivity index is 1.94. The predicted octanol–water partition coefficient (Wildman–Crippen LogP) is -0.491. The van der Waals surface area contributed by atoms with E-state index in [1.807, 2.05) is 0 Å². The molecule has 88 valence electrons. The van der Waals surface area contributed by atoms with Gasteiger partial charge in [0.15, 0.2) is 0 Å². The van der Waals surface area contributed by atoms with Crippen molar-refractivity contribution >= 4 is 11.9 Å². The highest BCUT2D eigenvalue weighted by atomic mass is 16.5. The number of hydrogen-bond donors (Lipinski definition) is 2. The first-order valence-electron chi connectivity index (χ1n) is 5.25. The van der Waals surface area contributed by atoms with Gasteiger partial charge in [0.1, 0.15) is 6.61 Å². The van der Waals surface area contributed by atoms with Gasteiger partial charge in [0, 0.05) is 6.04 Å². The summed E-state index contributed by atoms with van der Waals surface area (Å²) in [5.74, 6) is 0.171. The van der Waals surface area contributed by atoms with Crippen LogP contribution in [0.4, 0.5) is 11.9 Å². The third-order valence-corrected chi connectivity index (χ3v) is 2.73. The van der Waals surface area contributed by atoms with Crippen LogP contribution < -0.4 is 16.2 Å². The van der Waals surface area contributed by atoms with Gasteiger partial charge in [0.05, 0.1) is 0 Å². The molecule has 0 aliphatic carbocycles. The fourth-order valence-corrected chi connectivity index (χ4v) is 1.81. The van der Waals surface area contributed by atoms with Crippen molar-refractivity contribution in [1.82, 2.24) is 19.9 Å². The fourth-order valence-electron chi connectivity index (χ4n) is 1.81. The summed E-state index contributed by atoms with van der Waals surface area (Å²) < 4.78 is 5.46. The van der Waals surface area contributed by atoms with Crippen LogP contribution in [0.1, 0.15) is 12.8 Å². The van der Waals surface area contributed by atoms with Crippen molar-refractivity contribution in [2.24, 2.45) is 0 Å². The van der Waals surface area contributed by atoms with Crippen LogP contribution in [0.3, 0.4) is 0 Å². The Morgan fingerprint density at radius 3 is 2.56 bits per heavy atom. The molecule has 0 spiro atoms. The van der Waals surface area contributed by atoms with Crippen molar-refractivity contribution < 1.29 is 4.74 Å². The first kappa shape index (κ1) is 10.9. The van der Waals surface area contributed by atoms with Gasteiger partial charge in [-0.2, -0.15) is 15.0 Å². The van der Waals surface area contributed by atoms with Crippen molar-refractivity contribution in [3.05, 3.63) is 0 Å². The first-order chi connectivity index (χ1) is 7.65. The molecule has 1 atom stereocenters. The smallest absolute Gasteiger partial charge is 0.323 e. The Labute approximate surface area is 93.8 Å². The van der Waals surface area contributed by atoms with E-state index in [-0.39, 0.29) is 17.9 Å². The van der Waals surface area contributed by atoms with Crippen LogP contribution in [0.5, 0.6) is 6.01 Å². The van der Waals surface area contributed by atoms with Crippen molar-refractivity contribution in [2.75, 3.05) is 31.7 Å². The molecule has 7 nitrogen and oxygen atoms in total. The summed E-state index contributed by atoms with van der Waals surface area (Å²) in [6, 6.07) is 0.615. The number of nitrogen functional groups attached to an aromatic ring is 2. The largest absolute Gasteiger partial charge is 0.462 e. The summed E-state index contributed by atoms with van der Waals surface area (Å²) >= 11 is 0. The molecule has 0 aromatic carbocycles. The van der Waals surface area contributed by atoms with Gasteiger partial charge in [0.25, 0.3) is 0 Å². The maximum Gasteiger partial charge on any atom is 0.323 e. The normalized spacial score (nSPS) is 21.2. The quantitative estimate of drug-likeness (QED) is 0.713. The first-order valence-corrected chi connectivity index (χ1v) is 5.25. The molecule has 1 aliphatic heterocycles. The number of likely N-dealkylation sites (N-methyl/N-ethyl adjacent to an activating group) is 1. The molecule has 2 heterocycles. The molecule has 4 N–H and O–H groups in total. The van der Waals surface area contributed by atoms with Gasteiger partial charge >= 0.3 is 6.01 Å². The number of rotatable bonds is 3. The van der Waals surface area contributed by atoms with Gasteiger partial charge in [-0.1, -0.05) is 0 Å². The van der Waals surface area contributed by atoms with Crippen LogP contribution in [0.2, 0.25) is 0 Å². The van der Waals surface area contributed by atoms with Gasteiger partial charge < -0.3 is 21.1 Å². The van der Waals surface area contributed by atoms with Crippen LogP contribution in [-0.4, -0.2) is 46.1 Å². The minimum atomic E-state index is 0.0854. The Morgan fingerprint density at radius 2 is 2.00 bits per heavy atom. The zero-order valence-corrected chi connectivity index (χ0v) is 9.26. The summed E-state index contributed by atoms with van der Waals surface area (Å²) in [6.07, 6.45) is 2.33. The zero-order chi connectivity index (χ0) is 11.5. The summed E-state index contributed by atoms with van der Waals surface area (Å²) in [5.41, 5.74) is 10.9. The van der Waals surface area contributed by atoms with E-state index in [1.165, 1.54) is 6.42 Å². The molecule has 0 saturated carbocycles. The van der Waals surface area contributed by atoms with Crippen LogP contribution in [0, 0.1) is 0 Å². The lowest BCUT2D eigenvalue weighted by atomic mass is 10.2. The van der Waals surface area contributed by atoms with E-state index in [1.54, 1.807) is 0 Å². The van der Waals surface area contributed by atoms with Crippen LogP contribution in [0.25, 0.3) is 0 Å². The maximum absolute atomic E-state index is 5.46. The van der Waals surface area contributed by atoms with Crippen LogP contribution in [0.15, 0.2) is 0 Å². The van der Waals surface area contributed by atoms with E-state index >= 15 is 0 Å². The molecular weight excluding hydrogens is 208 g/mol. The summed E-state index contributed by atoms with van der Waals surface area (Å²) in [5, 5.41) is 0. The number of anilines is 2. The van der Waals surface area contributed by atoms with E-state index in [9.17, 15) is 0 Å². The molecule has 0 radical (unpaired) electrons. The molecule has 1 aliphatic rings. The number of nitrogens with two attached hydrogens (primary N) is 2. The van der Waals surface area contributed by atoms with Crippen LogP contribution in [-0.2, 0) is 0 Å². The third-order valence-electron chi connectivity index (χ3n) is 2.73. The lowest BCUT2D eigenvalue weighted by molar-refractivity contribution is 0.188. The van der Waals surface area contributed by atoms with E-state index in [0.717, 1.165) is 13.0 Å². The fraction of sp³-hybridized carbons (Fsp3) is 0.667. The SMILES string of the molecule is CN1CCCC1COc1nc(N)nc(N)n1. The van der Waals surface area contributed by atoms with Crippen molar-refractivity contribution in [3.8, 4) is 6.01 Å². The summed E-state index contributed by atoms with van der Waals surface area (Å²) in [6.45, 7) is 1.66. The van der Waals surface area contributed by atoms with E-state index in [2.05, 4.69) is 26.9 Å².